The summed E-state index contributed by atoms with van der Waals surface area (Å²) in [7, 11) is 0. The Hall–Kier alpha value is -0.720. The molecular formula is C12H19N. The molecule has 0 radical (unpaired) electrons. The van der Waals surface area contributed by atoms with Gasteiger partial charge in [-0.1, -0.05) is 26.0 Å². The fourth-order valence-corrected chi connectivity index (χ4v) is 2.02. The molecule has 13 heavy (non-hydrogen) atoms. The van der Waals surface area contributed by atoms with Crippen molar-refractivity contribution in [3.8, 4) is 0 Å². The SMILES string of the molecule is CC1(C)C=CC(N2CCCC2)=CC1. The van der Waals surface area contributed by atoms with E-state index in [9.17, 15) is 0 Å². The van der Waals surface area contributed by atoms with Crippen LogP contribution in [0.5, 0.6) is 0 Å². The molecule has 1 saturated heterocycles. The summed E-state index contributed by atoms with van der Waals surface area (Å²) >= 11 is 0. The van der Waals surface area contributed by atoms with Gasteiger partial charge in [0.15, 0.2) is 0 Å². The first-order valence-electron chi connectivity index (χ1n) is 5.32. The third-order valence-corrected chi connectivity index (χ3v) is 3.01. The lowest BCUT2D eigenvalue weighted by atomic mass is 9.85. The van der Waals surface area contributed by atoms with Crippen LogP contribution in [0.15, 0.2) is 23.9 Å². The molecule has 1 aliphatic heterocycles. The van der Waals surface area contributed by atoms with Gasteiger partial charge in [-0.05, 0) is 30.8 Å². The zero-order valence-corrected chi connectivity index (χ0v) is 8.71. The predicted octanol–water partition coefficient (Wildman–Crippen LogP) is 2.95. The first-order chi connectivity index (χ1) is 6.17. The van der Waals surface area contributed by atoms with Gasteiger partial charge in [-0.25, -0.2) is 0 Å². The quantitative estimate of drug-likeness (QED) is 0.595. The number of hydrogen-bond donors (Lipinski definition) is 0. The van der Waals surface area contributed by atoms with Gasteiger partial charge in [0, 0.05) is 18.8 Å². The van der Waals surface area contributed by atoms with Crippen molar-refractivity contribution in [1.82, 2.24) is 4.90 Å². The molecule has 0 amide bonds. The Labute approximate surface area is 81.1 Å². The van der Waals surface area contributed by atoms with Crippen LogP contribution >= 0.6 is 0 Å². The predicted molar refractivity (Wildman–Crippen MR) is 56.4 cm³/mol. The summed E-state index contributed by atoms with van der Waals surface area (Å²) in [5.74, 6) is 0. The average molecular weight is 177 g/mol. The second-order valence-electron chi connectivity index (χ2n) is 4.85. The van der Waals surface area contributed by atoms with Crippen molar-refractivity contribution < 1.29 is 0 Å². The van der Waals surface area contributed by atoms with Crippen LogP contribution in [0.2, 0.25) is 0 Å². The zero-order valence-electron chi connectivity index (χ0n) is 8.71. The van der Waals surface area contributed by atoms with Gasteiger partial charge in [0.2, 0.25) is 0 Å². The highest BCUT2D eigenvalue weighted by atomic mass is 15.1. The van der Waals surface area contributed by atoms with Crippen LogP contribution in [0.25, 0.3) is 0 Å². The number of likely N-dealkylation sites (tertiary alicyclic amines) is 1. The van der Waals surface area contributed by atoms with Crippen LogP contribution in [-0.2, 0) is 0 Å². The van der Waals surface area contributed by atoms with E-state index in [1.54, 1.807) is 0 Å². The molecule has 0 bridgehead atoms. The summed E-state index contributed by atoms with van der Waals surface area (Å²) in [6.45, 7) is 7.11. The van der Waals surface area contributed by atoms with Crippen molar-refractivity contribution in [2.75, 3.05) is 13.1 Å². The minimum atomic E-state index is 0.378. The molecule has 0 spiro atoms. The fraction of sp³-hybridized carbons (Fsp3) is 0.667. The summed E-state index contributed by atoms with van der Waals surface area (Å²) in [4.78, 5) is 2.51. The summed E-state index contributed by atoms with van der Waals surface area (Å²) in [6.07, 6.45) is 11.0. The van der Waals surface area contributed by atoms with Crippen molar-refractivity contribution in [2.45, 2.75) is 33.1 Å². The van der Waals surface area contributed by atoms with E-state index in [1.165, 1.54) is 38.0 Å². The molecule has 1 fully saturated rings. The molecule has 2 aliphatic rings. The standard InChI is InChI=1S/C12H19N/c1-12(2)7-5-11(6-8-12)13-9-3-4-10-13/h5-7H,3-4,8-10H2,1-2H3. The third-order valence-electron chi connectivity index (χ3n) is 3.01. The minimum absolute atomic E-state index is 0.378. The van der Waals surface area contributed by atoms with E-state index in [0.717, 1.165) is 0 Å². The molecule has 0 saturated carbocycles. The largest absolute Gasteiger partial charge is 0.372 e. The maximum atomic E-state index is 2.51. The Bertz CT molecular complexity index is 242. The maximum Gasteiger partial charge on any atom is 0.0322 e. The normalized spacial score (nSPS) is 26.3. The van der Waals surface area contributed by atoms with Crippen molar-refractivity contribution in [3.05, 3.63) is 23.9 Å². The second-order valence-corrected chi connectivity index (χ2v) is 4.85. The molecule has 1 aliphatic carbocycles. The van der Waals surface area contributed by atoms with Crippen LogP contribution in [0, 0.1) is 5.41 Å². The van der Waals surface area contributed by atoms with E-state index in [2.05, 4.69) is 37.0 Å². The first kappa shape index (κ1) is 8.86. The van der Waals surface area contributed by atoms with Crippen LogP contribution in [0.4, 0.5) is 0 Å². The summed E-state index contributed by atoms with van der Waals surface area (Å²) in [6, 6.07) is 0. The van der Waals surface area contributed by atoms with Crippen LogP contribution < -0.4 is 0 Å². The van der Waals surface area contributed by atoms with Crippen molar-refractivity contribution >= 4 is 0 Å². The van der Waals surface area contributed by atoms with Crippen molar-refractivity contribution in [3.63, 3.8) is 0 Å². The summed E-state index contributed by atoms with van der Waals surface area (Å²) in [5, 5.41) is 0. The molecule has 1 heterocycles. The molecular weight excluding hydrogens is 158 g/mol. The van der Waals surface area contributed by atoms with Crippen molar-refractivity contribution in [2.24, 2.45) is 5.41 Å². The fourth-order valence-electron chi connectivity index (χ4n) is 2.02. The molecule has 0 N–H and O–H groups in total. The Kier molecular flexibility index (Phi) is 2.19. The zero-order chi connectivity index (χ0) is 9.31. The number of nitrogens with zero attached hydrogens (tertiary/aromatic N) is 1. The highest BCUT2D eigenvalue weighted by Crippen LogP contribution is 2.30. The second kappa shape index (κ2) is 3.21. The molecule has 0 aromatic carbocycles. The molecule has 0 atom stereocenters. The molecule has 0 aromatic rings. The Morgan fingerprint density at radius 2 is 1.92 bits per heavy atom. The molecule has 72 valence electrons. The minimum Gasteiger partial charge on any atom is -0.372 e. The summed E-state index contributed by atoms with van der Waals surface area (Å²) in [5.41, 5.74) is 1.83. The smallest absolute Gasteiger partial charge is 0.0322 e. The van der Waals surface area contributed by atoms with E-state index in [1.807, 2.05) is 0 Å². The molecule has 1 heteroatoms. The van der Waals surface area contributed by atoms with Crippen LogP contribution in [0.3, 0.4) is 0 Å². The Morgan fingerprint density at radius 3 is 2.46 bits per heavy atom. The van der Waals surface area contributed by atoms with Gasteiger partial charge in [0.25, 0.3) is 0 Å². The van der Waals surface area contributed by atoms with Crippen molar-refractivity contribution in [1.29, 1.82) is 0 Å². The van der Waals surface area contributed by atoms with Gasteiger partial charge in [0.1, 0.15) is 0 Å². The Morgan fingerprint density at radius 1 is 1.23 bits per heavy atom. The van der Waals surface area contributed by atoms with Crippen LogP contribution in [-0.4, -0.2) is 18.0 Å². The topological polar surface area (TPSA) is 3.24 Å². The maximum absolute atomic E-state index is 2.51. The average Bonchev–Trinajstić information content (AvgIpc) is 2.56. The van der Waals surface area contributed by atoms with Crippen LogP contribution in [0.1, 0.15) is 33.1 Å². The highest BCUT2D eigenvalue weighted by Gasteiger charge is 2.19. The molecule has 1 nitrogen and oxygen atoms in total. The van der Waals surface area contributed by atoms with Gasteiger partial charge in [-0.2, -0.15) is 0 Å². The monoisotopic (exact) mass is 177 g/mol. The van der Waals surface area contributed by atoms with E-state index in [4.69, 9.17) is 0 Å². The lowest BCUT2D eigenvalue weighted by molar-refractivity contribution is 0.414. The number of allylic oxidation sites excluding steroid dienone is 3. The number of rotatable bonds is 1. The Balaban J connectivity index is 2.03. The summed E-state index contributed by atoms with van der Waals surface area (Å²) < 4.78 is 0. The van der Waals surface area contributed by atoms with Gasteiger partial charge < -0.3 is 4.90 Å². The first-order valence-corrected chi connectivity index (χ1v) is 5.32. The lowest BCUT2D eigenvalue weighted by Crippen LogP contribution is -2.20. The van der Waals surface area contributed by atoms with E-state index in [0.29, 0.717) is 5.41 Å². The van der Waals surface area contributed by atoms with Gasteiger partial charge >= 0.3 is 0 Å². The highest BCUT2D eigenvalue weighted by molar-refractivity contribution is 5.25. The lowest BCUT2D eigenvalue weighted by Gasteiger charge is -2.27. The van der Waals surface area contributed by atoms with Gasteiger partial charge in [-0.3, -0.25) is 0 Å². The third kappa shape index (κ3) is 1.96. The van der Waals surface area contributed by atoms with Gasteiger partial charge in [0.05, 0.1) is 0 Å². The number of hydrogen-bond acceptors (Lipinski definition) is 1. The molecule has 0 unspecified atom stereocenters. The molecule has 0 aromatic heterocycles. The molecule has 2 rings (SSSR count). The van der Waals surface area contributed by atoms with E-state index in [-0.39, 0.29) is 0 Å². The van der Waals surface area contributed by atoms with E-state index >= 15 is 0 Å². The van der Waals surface area contributed by atoms with E-state index < -0.39 is 0 Å². The van der Waals surface area contributed by atoms with Gasteiger partial charge in [-0.15, -0.1) is 0 Å².